The first-order valence-electron chi connectivity index (χ1n) is 12.0. The molecule has 0 radical (unpaired) electrons. The van der Waals surface area contributed by atoms with Gasteiger partial charge in [-0.25, -0.2) is 13.8 Å². The molecule has 0 saturated heterocycles. The molecule has 172 valence electrons. The molecular weight excluding hydrogens is 416 g/mol. The van der Waals surface area contributed by atoms with Crippen molar-refractivity contribution >= 4 is 21.5 Å². The summed E-state index contributed by atoms with van der Waals surface area (Å²) in [5.74, 6) is -0.959. The molecule has 1 aromatic heterocycles. The highest BCUT2D eigenvalue weighted by molar-refractivity contribution is 6.09. The number of pyridine rings is 1. The van der Waals surface area contributed by atoms with Crippen LogP contribution in [0, 0.1) is 11.6 Å². The van der Waals surface area contributed by atoms with Gasteiger partial charge >= 0.3 is 0 Å². The average molecular weight is 448 g/mol. The van der Waals surface area contributed by atoms with Gasteiger partial charge in [0.25, 0.3) is 0 Å². The summed E-state index contributed by atoms with van der Waals surface area (Å²) < 4.78 is 35.5. The van der Waals surface area contributed by atoms with Crippen molar-refractivity contribution in [1.82, 2.24) is 4.98 Å². The number of halogens is 2. The number of hydrogen-bond acceptors (Lipinski definition) is 2. The van der Waals surface area contributed by atoms with E-state index in [1.807, 2.05) is 42.5 Å². The second-order valence-electron chi connectivity index (χ2n) is 8.67. The van der Waals surface area contributed by atoms with Crippen molar-refractivity contribution in [2.45, 2.75) is 58.8 Å². The average Bonchev–Trinajstić information content (AvgIpc) is 2.85. The summed E-state index contributed by atoms with van der Waals surface area (Å²) in [5, 5.41) is 2.09. The van der Waals surface area contributed by atoms with E-state index in [1.165, 1.54) is 12.8 Å². The molecule has 0 spiro atoms. The predicted octanol–water partition coefficient (Wildman–Crippen LogP) is 8.63. The van der Waals surface area contributed by atoms with Crippen LogP contribution in [0.15, 0.2) is 54.7 Å². The van der Waals surface area contributed by atoms with Crippen molar-refractivity contribution in [3.05, 3.63) is 71.9 Å². The maximum Gasteiger partial charge on any atom is 0.213 e. The van der Waals surface area contributed by atoms with Gasteiger partial charge in [-0.15, -0.1) is 0 Å². The number of hydrogen-bond donors (Lipinski definition) is 0. The van der Waals surface area contributed by atoms with Crippen LogP contribution in [0.1, 0.15) is 57.9 Å². The van der Waals surface area contributed by atoms with Crippen LogP contribution in [0.25, 0.3) is 32.7 Å². The maximum absolute atomic E-state index is 14.9. The van der Waals surface area contributed by atoms with E-state index in [4.69, 9.17) is 4.74 Å². The SMILES string of the molecule is CCCCCCc1ccc2c(c1)c(F)c(F)c1ccc(-c3ccc(OCCCC)nc3)cc12. The molecule has 3 aromatic carbocycles. The largest absolute Gasteiger partial charge is 0.478 e. The quantitative estimate of drug-likeness (QED) is 0.179. The number of aromatic nitrogens is 1. The molecule has 0 aliphatic heterocycles. The van der Waals surface area contributed by atoms with Crippen LogP contribution >= 0.6 is 0 Å². The van der Waals surface area contributed by atoms with Crippen LogP contribution in [0.5, 0.6) is 5.88 Å². The molecule has 2 nitrogen and oxygen atoms in total. The van der Waals surface area contributed by atoms with Crippen molar-refractivity contribution in [3.8, 4) is 17.0 Å². The summed E-state index contributed by atoms with van der Waals surface area (Å²) in [6.45, 7) is 4.95. The van der Waals surface area contributed by atoms with E-state index in [1.54, 1.807) is 12.3 Å². The fraction of sp³-hybridized carbons (Fsp3) is 0.345. The Hall–Kier alpha value is -3.01. The van der Waals surface area contributed by atoms with Crippen LogP contribution in [0.2, 0.25) is 0 Å². The first-order valence-corrected chi connectivity index (χ1v) is 12.0. The molecule has 0 saturated carbocycles. The normalized spacial score (nSPS) is 11.4. The molecule has 0 fully saturated rings. The zero-order valence-corrected chi connectivity index (χ0v) is 19.5. The van der Waals surface area contributed by atoms with E-state index < -0.39 is 11.6 Å². The van der Waals surface area contributed by atoms with E-state index in [9.17, 15) is 8.78 Å². The van der Waals surface area contributed by atoms with Crippen LogP contribution in [0.3, 0.4) is 0 Å². The number of benzene rings is 3. The van der Waals surface area contributed by atoms with Gasteiger partial charge in [0.05, 0.1) is 6.61 Å². The summed E-state index contributed by atoms with van der Waals surface area (Å²) >= 11 is 0. The van der Waals surface area contributed by atoms with Gasteiger partial charge in [0.2, 0.25) is 5.88 Å². The number of fused-ring (bicyclic) bond motifs is 3. The second kappa shape index (κ2) is 10.7. The standard InChI is InChI=1S/C29H31F2NO/c1-3-5-7-8-9-20-10-13-23-25-18-21(11-14-24(25)28(30)29(31)26(23)17-20)22-12-15-27(32-19-22)33-16-6-4-2/h10-15,17-19H,3-9,16H2,1-2H3. The van der Waals surface area contributed by atoms with Crippen LogP contribution in [0.4, 0.5) is 8.78 Å². The smallest absolute Gasteiger partial charge is 0.213 e. The minimum atomic E-state index is -0.787. The topological polar surface area (TPSA) is 22.1 Å². The molecule has 0 aliphatic rings. The monoisotopic (exact) mass is 447 g/mol. The van der Waals surface area contributed by atoms with Crippen molar-refractivity contribution in [1.29, 1.82) is 0 Å². The fourth-order valence-electron chi connectivity index (χ4n) is 4.25. The third-order valence-electron chi connectivity index (χ3n) is 6.20. The molecule has 0 N–H and O–H groups in total. The number of aryl methyl sites for hydroxylation is 1. The van der Waals surface area contributed by atoms with Crippen LogP contribution in [-0.2, 0) is 6.42 Å². The Morgan fingerprint density at radius 3 is 2.21 bits per heavy atom. The Morgan fingerprint density at radius 1 is 0.697 bits per heavy atom. The summed E-state index contributed by atoms with van der Waals surface area (Å²) in [5.41, 5.74) is 2.87. The Bertz CT molecular complexity index is 1230. The van der Waals surface area contributed by atoms with E-state index in [0.717, 1.165) is 54.2 Å². The molecule has 0 unspecified atom stereocenters. The molecule has 33 heavy (non-hydrogen) atoms. The van der Waals surface area contributed by atoms with Crippen molar-refractivity contribution in [3.63, 3.8) is 0 Å². The molecule has 1 heterocycles. The van der Waals surface area contributed by atoms with Gasteiger partial charge < -0.3 is 4.74 Å². The number of rotatable bonds is 10. The number of unbranched alkanes of at least 4 members (excludes halogenated alkanes) is 4. The highest BCUT2D eigenvalue weighted by Gasteiger charge is 2.16. The third kappa shape index (κ3) is 5.16. The van der Waals surface area contributed by atoms with Crippen molar-refractivity contribution in [2.75, 3.05) is 6.61 Å². The molecule has 4 heteroatoms. The van der Waals surface area contributed by atoms with Gasteiger partial charge in [-0.3, -0.25) is 0 Å². The molecular formula is C29H31F2NO. The first-order chi connectivity index (χ1) is 16.1. The second-order valence-corrected chi connectivity index (χ2v) is 8.67. The molecule has 4 rings (SSSR count). The first kappa shape index (κ1) is 23.2. The van der Waals surface area contributed by atoms with Gasteiger partial charge in [0.1, 0.15) is 0 Å². The van der Waals surface area contributed by atoms with Gasteiger partial charge in [0.15, 0.2) is 11.6 Å². The lowest BCUT2D eigenvalue weighted by Gasteiger charge is -2.12. The van der Waals surface area contributed by atoms with Gasteiger partial charge in [0, 0.05) is 28.6 Å². The lowest BCUT2D eigenvalue weighted by atomic mass is 9.95. The summed E-state index contributed by atoms with van der Waals surface area (Å²) in [6, 6.07) is 15.0. The molecule has 0 atom stereocenters. The zero-order chi connectivity index (χ0) is 23.2. The van der Waals surface area contributed by atoms with Gasteiger partial charge in [-0.05, 0) is 59.4 Å². The summed E-state index contributed by atoms with van der Waals surface area (Å²) in [7, 11) is 0. The zero-order valence-electron chi connectivity index (χ0n) is 19.5. The molecule has 0 aliphatic carbocycles. The maximum atomic E-state index is 14.9. The highest BCUT2D eigenvalue weighted by atomic mass is 19.2. The summed E-state index contributed by atoms with van der Waals surface area (Å²) in [4.78, 5) is 4.40. The Labute approximate surface area is 194 Å². The third-order valence-corrected chi connectivity index (χ3v) is 6.20. The minimum Gasteiger partial charge on any atom is -0.478 e. The molecule has 0 amide bonds. The minimum absolute atomic E-state index is 0.298. The Kier molecular flexibility index (Phi) is 7.54. The van der Waals surface area contributed by atoms with E-state index >= 15 is 0 Å². The molecule has 4 aromatic rings. The van der Waals surface area contributed by atoms with E-state index in [-0.39, 0.29) is 0 Å². The fourth-order valence-corrected chi connectivity index (χ4v) is 4.25. The summed E-state index contributed by atoms with van der Waals surface area (Å²) in [6.07, 6.45) is 9.30. The van der Waals surface area contributed by atoms with E-state index in [0.29, 0.717) is 28.6 Å². The van der Waals surface area contributed by atoms with Crippen LogP contribution < -0.4 is 4.74 Å². The van der Waals surface area contributed by atoms with Crippen molar-refractivity contribution in [2.24, 2.45) is 0 Å². The lowest BCUT2D eigenvalue weighted by Crippen LogP contribution is -1.98. The molecule has 0 bridgehead atoms. The van der Waals surface area contributed by atoms with Gasteiger partial charge in [-0.2, -0.15) is 0 Å². The Balaban J connectivity index is 1.68. The Morgan fingerprint density at radius 2 is 1.45 bits per heavy atom. The highest BCUT2D eigenvalue weighted by Crippen LogP contribution is 2.35. The van der Waals surface area contributed by atoms with Crippen molar-refractivity contribution < 1.29 is 13.5 Å². The van der Waals surface area contributed by atoms with Crippen LogP contribution in [-0.4, -0.2) is 11.6 Å². The number of nitrogens with zero attached hydrogens (tertiary/aromatic N) is 1. The predicted molar refractivity (Wildman–Crippen MR) is 133 cm³/mol. The number of ether oxygens (including phenoxy) is 1. The van der Waals surface area contributed by atoms with E-state index in [2.05, 4.69) is 18.8 Å². The lowest BCUT2D eigenvalue weighted by molar-refractivity contribution is 0.298. The van der Waals surface area contributed by atoms with Gasteiger partial charge in [-0.1, -0.05) is 63.8 Å².